The second-order valence-electron chi connectivity index (χ2n) is 5.40. The maximum absolute atomic E-state index is 12.4. The van der Waals surface area contributed by atoms with Crippen LogP contribution in [0.25, 0.3) is 0 Å². The number of rotatable bonds is 8. The van der Waals surface area contributed by atoms with Crippen LogP contribution in [0.4, 0.5) is 5.13 Å². The maximum Gasteiger partial charge on any atom is 0.311 e. The van der Waals surface area contributed by atoms with E-state index in [9.17, 15) is 18.0 Å². The van der Waals surface area contributed by atoms with Gasteiger partial charge in [0.05, 0.1) is 37.3 Å². The fraction of sp³-hybridized carbons (Fsp3) is 0.312. The first kappa shape index (κ1) is 20.8. The van der Waals surface area contributed by atoms with Gasteiger partial charge in [0.1, 0.15) is 5.75 Å². The normalized spacial score (nSPS) is 12.3. The Labute approximate surface area is 160 Å². The number of carbonyl (C=O) groups is 2. The van der Waals surface area contributed by atoms with Crippen molar-refractivity contribution < 1.29 is 27.5 Å². The summed E-state index contributed by atoms with van der Waals surface area (Å²) in [4.78, 5) is 27.6. The summed E-state index contributed by atoms with van der Waals surface area (Å²) < 4.78 is 36.6. The Morgan fingerprint density at radius 3 is 2.48 bits per heavy atom. The highest BCUT2D eigenvalue weighted by Gasteiger charge is 2.23. The number of hydrogen-bond acceptors (Lipinski definition) is 8. The minimum atomic E-state index is -3.88. The number of nitrogens with zero attached hydrogens (tertiary/aromatic N) is 1. The Morgan fingerprint density at radius 1 is 1.22 bits per heavy atom. The summed E-state index contributed by atoms with van der Waals surface area (Å²) in [7, 11) is -1.13. The SMILES string of the molecule is COC(=O)Cc1csc(NC(=O)[C@H](C)NS(=O)(=O)c2ccc(OC)cc2)n1. The predicted octanol–water partition coefficient (Wildman–Crippen LogP) is 1.17. The molecule has 0 fully saturated rings. The summed E-state index contributed by atoms with van der Waals surface area (Å²) in [6, 6.07) is 4.75. The lowest BCUT2D eigenvalue weighted by Crippen LogP contribution is -2.41. The molecule has 0 aliphatic heterocycles. The number of methoxy groups -OCH3 is 2. The van der Waals surface area contributed by atoms with E-state index in [0.29, 0.717) is 11.4 Å². The molecule has 1 amide bonds. The van der Waals surface area contributed by atoms with Crippen LogP contribution in [0.5, 0.6) is 5.75 Å². The van der Waals surface area contributed by atoms with Gasteiger partial charge in [-0.2, -0.15) is 4.72 Å². The van der Waals surface area contributed by atoms with Crippen LogP contribution in [0.1, 0.15) is 12.6 Å². The van der Waals surface area contributed by atoms with Crippen molar-refractivity contribution in [2.24, 2.45) is 0 Å². The molecule has 2 N–H and O–H groups in total. The lowest BCUT2D eigenvalue weighted by molar-refractivity contribution is -0.139. The number of nitrogens with one attached hydrogen (secondary N) is 2. The minimum absolute atomic E-state index is 0.0114. The average molecular weight is 413 g/mol. The van der Waals surface area contributed by atoms with E-state index in [2.05, 4.69) is 19.8 Å². The molecule has 2 aromatic rings. The summed E-state index contributed by atoms with van der Waals surface area (Å²) in [6.07, 6.45) is -0.0114. The van der Waals surface area contributed by atoms with Crippen LogP contribution in [0.15, 0.2) is 34.5 Å². The molecule has 146 valence electrons. The van der Waals surface area contributed by atoms with Gasteiger partial charge in [0.25, 0.3) is 0 Å². The maximum atomic E-state index is 12.4. The molecular formula is C16H19N3O6S2. The Kier molecular flexibility index (Phi) is 6.88. The first-order valence-corrected chi connectivity index (χ1v) is 10.1. The summed E-state index contributed by atoms with van der Waals surface area (Å²) in [5.74, 6) is -0.504. The van der Waals surface area contributed by atoms with Gasteiger partial charge in [0.2, 0.25) is 15.9 Å². The monoisotopic (exact) mass is 413 g/mol. The number of ether oxygens (including phenoxy) is 2. The number of hydrogen-bond donors (Lipinski definition) is 2. The van der Waals surface area contributed by atoms with E-state index in [1.807, 2.05) is 0 Å². The molecule has 1 heterocycles. The highest BCUT2D eigenvalue weighted by atomic mass is 32.2. The van der Waals surface area contributed by atoms with Gasteiger partial charge in [-0.25, -0.2) is 13.4 Å². The van der Waals surface area contributed by atoms with Crippen molar-refractivity contribution in [1.29, 1.82) is 0 Å². The van der Waals surface area contributed by atoms with E-state index in [0.717, 1.165) is 11.3 Å². The molecule has 0 aliphatic rings. The highest BCUT2D eigenvalue weighted by Crippen LogP contribution is 2.18. The molecule has 0 aliphatic carbocycles. The number of amides is 1. The Bertz CT molecular complexity index is 908. The molecule has 9 nitrogen and oxygen atoms in total. The van der Waals surface area contributed by atoms with Gasteiger partial charge >= 0.3 is 5.97 Å². The average Bonchev–Trinajstić information content (AvgIpc) is 3.07. The molecule has 0 radical (unpaired) electrons. The second-order valence-corrected chi connectivity index (χ2v) is 7.98. The molecule has 0 bridgehead atoms. The van der Waals surface area contributed by atoms with Gasteiger partial charge in [-0.15, -0.1) is 11.3 Å². The molecule has 2 rings (SSSR count). The third-order valence-corrected chi connectivity index (χ3v) is 5.79. The van der Waals surface area contributed by atoms with E-state index in [1.165, 1.54) is 45.4 Å². The van der Waals surface area contributed by atoms with Crippen molar-refractivity contribution in [2.45, 2.75) is 24.3 Å². The van der Waals surface area contributed by atoms with Gasteiger partial charge < -0.3 is 14.8 Å². The number of anilines is 1. The largest absolute Gasteiger partial charge is 0.497 e. The molecule has 0 unspecified atom stereocenters. The zero-order valence-corrected chi connectivity index (χ0v) is 16.5. The number of carbonyl (C=O) groups excluding carboxylic acids is 2. The van der Waals surface area contributed by atoms with E-state index in [4.69, 9.17) is 4.74 Å². The lowest BCUT2D eigenvalue weighted by Gasteiger charge is -2.13. The van der Waals surface area contributed by atoms with Crippen LogP contribution in [0.3, 0.4) is 0 Å². The van der Waals surface area contributed by atoms with Crippen LogP contribution in [0, 0.1) is 0 Å². The first-order chi connectivity index (χ1) is 12.7. The van der Waals surface area contributed by atoms with Gasteiger partial charge in [0.15, 0.2) is 5.13 Å². The molecule has 27 heavy (non-hydrogen) atoms. The summed E-state index contributed by atoms with van der Waals surface area (Å²) in [6.45, 7) is 1.42. The van der Waals surface area contributed by atoms with Crippen molar-refractivity contribution in [3.8, 4) is 5.75 Å². The Hall–Kier alpha value is -2.50. The molecule has 0 spiro atoms. The highest BCUT2D eigenvalue weighted by molar-refractivity contribution is 7.89. The van der Waals surface area contributed by atoms with Crippen LogP contribution < -0.4 is 14.8 Å². The van der Waals surface area contributed by atoms with Crippen molar-refractivity contribution in [3.63, 3.8) is 0 Å². The quantitative estimate of drug-likeness (QED) is 0.623. The zero-order chi connectivity index (χ0) is 20.0. The Balaban J connectivity index is 1.99. The van der Waals surface area contributed by atoms with Crippen molar-refractivity contribution in [1.82, 2.24) is 9.71 Å². The van der Waals surface area contributed by atoms with Gasteiger partial charge in [0, 0.05) is 5.38 Å². The van der Waals surface area contributed by atoms with Crippen molar-refractivity contribution >= 4 is 38.4 Å². The topological polar surface area (TPSA) is 124 Å². The van der Waals surface area contributed by atoms with Crippen molar-refractivity contribution in [3.05, 3.63) is 35.3 Å². The van der Waals surface area contributed by atoms with E-state index >= 15 is 0 Å². The fourth-order valence-electron chi connectivity index (χ4n) is 1.99. The molecule has 0 saturated heterocycles. The van der Waals surface area contributed by atoms with Crippen LogP contribution in [-0.2, 0) is 30.8 Å². The number of benzene rings is 1. The third-order valence-electron chi connectivity index (χ3n) is 3.43. The summed E-state index contributed by atoms with van der Waals surface area (Å²) in [5.41, 5.74) is 0.452. The summed E-state index contributed by atoms with van der Waals surface area (Å²) in [5, 5.41) is 4.38. The van der Waals surface area contributed by atoms with E-state index in [1.54, 1.807) is 5.38 Å². The molecule has 11 heteroatoms. The molecule has 0 saturated carbocycles. The number of esters is 1. The first-order valence-electron chi connectivity index (χ1n) is 7.73. The number of sulfonamides is 1. The van der Waals surface area contributed by atoms with Gasteiger partial charge in [-0.1, -0.05) is 0 Å². The second kappa shape index (κ2) is 8.93. The molecule has 1 aromatic heterocycles. The summed E-state index contributed by atoms with van der Waals surface area (Å²) >= 11 is 1.12. The smallest absolute Gasteiger partial charge is 0.311 e. The minimum Gasteiger partial charge on any atom is -0.497 e. The lowest BCUT2D eigenvalue weighted by atomic mass is 10.3. The standard InChI is InChI=1S/C16H19N3O6S2/c1-10(19-27(22,23)13-6-4-12(24-2)5-7-13)15(21)18-16-17-11(9-26-16)8-14(20)25-3/h4-7,9-10,19H,8H2,1-3H3,(H,17,18,21)/t10-/m0/s1. The Morgan fingerprint density at radius 2 is 1.89 bits per heavy atom. The van der Waals surface area contributed by atoms with E-state index < -0.39 is 27.9 Å². The predicted molar refractivity (Wildman–Crippen MR) is 99.2 cm³/mol. The zero-order valence-electron chi connectivity index (χ0n) is 14.9. The number of thiazole rings is 1. The third kappa shape index (κ3) is 5.74. The molecular weight excluding hydrogens is 394 g/mol. The van der Waals surface area contributed by atoms with Gasteiger partial charge in [-0.05, 0) is 31.2 Å². The van der Waals surface area contributed by atoms with Gasteiger partial charge in [-0.3, -0.25) is 9.59 Å². The van der Waals surface area contributed by atoms with Crippen LogP contribution >= 0.6 is 11.3 Å². The number of aromatic nitrogens is 1. The fourth-order valence-corrected chi connectivity index (χ4v) is 3.90. The van der Waals surface area contributed by atoms with E-state index in [-0.39, 0.29) is 16.4 Å². The van der Waals surface area contributed by atoms with Crippen LogP contribution in [-0.4, -0.2) is 45.5 Å². The molecule has 1 atom stereocenters. The van der Waals surface area contributed by atoms with Crippen LogP contribution in [0.2, 0.25) is 0 Å². The molecule has 1 aromatic carbocycles. The van der Waals surface area contributed by atoms with Crippen molar-refractivity contribution in [2.75, 3.05) is 19.5 Å².